The van der Waals surface area contributed by atoms with Crippen molar-refractivity contribution in [1.29, 1.82) is 0 Å². The molecule has 1 aromatic heterocycles. The first-order valence-corrected chi connectivity index (χ1v) is 9.81. The van der Waals surface area contributed by atoms with E-state index in [4.69, 9.17) is 9.47 Å². The van der Waals surface area contributed by atoms with Crippen molar-refractivity contribution in [1.82, 2.24) is 9.88 Å². The molecule has 9 heteroatoms. The number of thiazole rings is 1. The normalized spacial score (nSPS) is 12.0. The Labute approximate surface area is 172 Å². The summed E-state index contributed by atoms with van der Waals surface area (Å²) in [4.78, 5) is 17.8. The zero-order valence-corrected chi connectivity index (χ0v) is 17.9. The van der Waals surface area contributed by atoms with E-state index in [0.717, 1.165) is 10.5 Å². The summed E-state index contributed by atoms with van der Waals surface area (Å²) in [6.45, 7) is 4.12. The average molecular weight is 430 g/mol. The molecule has 0 aliphatic heterocycles. The second-order valence-electron chi connectivity index (χ2n) is 7.82. The molecule has 0 saturated heterocycles. The van der Waals surface area contributed by atoms with E-state index in [1.807, 2.05) is 0 Å². The standard InChI is InChI=1S/C20H25F3N2O3S/c1-19(2,3)11-25(12-20(21,22)23)17(26)9-14-10-29-18(24-14)13-6-7-15(27-4)16(8-13)28-5/h6-8,10H,9,11-12H2,1-5H3. The van der Waals surface area contributed by atoms with Crippen LogP contribution in [0.3, 0.4) is 0 Å². The Bertz CT molecular complexity index is 828. The van der Waals surface area contributed by atoms with E-state index in [-0.39, 0.29) is 13.0 Å². The van der Waals surface area contributed by atoms with Crippen LogP contribution in [-0.2, 0) is 11.2 Å². The lowest BCUT2D eigenvalue weighted by atomic mass is 9.96. The lowest BCUT2D eigenvalue weighted by Gasteiger charge is -2.30. The SMILES string of the molecule is COc1ccc(-c2nc(CC(=O)N(CC(C)(C)C)CC(F)(F)F)cs2)cc1OC. The van der Waals surface area contributed by atoms with E-state index in [9.17, 15) is 18.0 Å². The predicted octanol–water partition coefficient (Wildman–Crippen LogP) is 4.81. The number of methoxy groups -OCH3 is 2. The average Bonchev–Trinajstić information content (AvgIpc) is 3.06. The molecule has 0 bridgehead atoms. The first-order valence-electron chi connectivity index (χ1n) is 8.93. The molecule has 160 valence electrons. The molecule has 1 heterocycles. The van der Waals surface area contributed by atoms with Gasteiger partial charge in [0.1, 0.15) is 11.6 Å². The van der Waals surface area contributed by atoms with Gasteiger partial charge in [0.25, 0.3) is 0 Å². The van der Waals surface area contributed by atoms with E-state index in [1.165, 1.54) is 25.6 Å². The minimum atomic E-state index is -4.45. The van der Waals surface area contributed by atoms with Crippen LogP contribution in [0.5, 0.6) is 11.5 Å². The van der Waals surface area contributed by atoms with Crippen molar-refractivity contribution in [3.05, 3.63) is 29.3 Å². The van der Waals surface area contributed by atoms with Gasteiger partial charge in [-0.15, -0.1) is 11.3 Å². The Morgan fingerprint density at radius 3 is 2.31 bits per heavy atom. The van der Waals surface area contributed by atoms with Gasteiger partial charge in [-0.2, -0.15) is 13.2 Å². The van der Waals surface area contributed by atoms with E-state index < -0.39 is 24.0 Å². The molecular weight excluding hydrogens is 405 g/mol. The lowest BCUT2D eigenvalue weighted by Crippen LogP contribution is -2.44. The fourth-order valence-corrected chi connectivity index (χ4v) is 3.59. The summed E-state index contributed by atoms with van der Waals surface area (Å²) in [5, 5.41) is 2.33. The van der Waals surface area contributed by atoms with Gasteiger partial charge >= 0.3 is 6.18 Å². The van der Waals surface area contributed by atoms with Crippen LogP contribution in [0.2, 0.25) is 0 Å². The topological polar surface area (TPSA) is 51.7 Å². The molecular formula is C20H25F3N2O3S. The summed E-state index contributed by atoms with van der Waals surface area (Å²) in [5.74, 6) is 0.522. The Morgan fingerprint density at radius 2 is 1.76 bits per heavy atom. The Hall–Kier alpha value is -2.29. The van der Waals surface area contributed by atoms with E-state index in [1.54, 1.807) is 44.4 Å². The van der Waals surface area contributed by atoms with Gasteiger partial charge in [0.05, 0.1) is 26.3 Å². The quantitative estimate of drug-likeness (QED) is 0.633. The molecule has 2 aromatic rings. The number of alkyl halides is 3. The Morgan fingerprint density at radius 1 is 1.10 bits per heavy atom. The van der Waals surface area contributed by atoms with Crippen molar-refractivity contribution in [2.24, 2.45) is 5.41 Å². The van der Waals surface area contributed by atoms with Crippen LogP contribution in [0.15, 0.2) is 23.6 Å². The van der Waals surface area contributed by atoms with E-state index in [2.05, 4.69) is 4.98 Å². The largest absolute Gasteiger partial charge is 0.493 e. The van der Waals surface area contributed by atoms with Gasteiger partial charge in [-0.1, -0.05) is 20.8 Å². The summed E-state index contributed by atoms with van der Waals surface area (Å²) in [5.41, 5.74) is 0.757. The maximum Gasteiger partial charge on any atom is 0.406 e. The van der Waals surface area contributed by atoms with Crippen molar-refractivity contribution in [3.63, 3.8) is 0 Å². The molecule has 0 aliphatic rings. The summed E-state index contributed by atoms with van der Waals surface area (Å²) in [7, 11) is 3.06. The van der Waals surface area contributed by atoms with Gasteiger partial charge in [0.15, 0.2) is 11.5 Å². The van der Waals surface area contributed by atoms with Gasteiger partial charge in [0, 0.05) is 17.5 Å². The van der Waals surface area contributed by atoms with Crippen molar-refractivity contribution in [2.75, 3.05) is 27.3 Å². The molecule has 0 fully saturated rings. The first-order chi connectivity index (χ1) is 13.4. The number of ether oxygens (including phenoxy) is 2. The highest BCUT2D eigenvalue weighted by Crippen LogP contribution is 2.33. The van der Waals surface area contributed by atoms with E-state index in [0.29, 0.717) is 22.2 Å². The van der Waals surface area contributed by atoms with E-state index >= 15 is 0 Å². The van der Waals surface area contributed by atoms with Crippen LogP contribution in [0.1, 0.15) is 26.5 Å². The lowest BCUT2D eigenvalue weighted by molar-refractivity contribution is -0.163. The van der Waals surface area contributed by atoms with Crippen molar-refractivity contribution >= 4 is 17.2 Å². The number of aromatic nitrogens is 1. The van der Waals surface area contributed by atoms with Crippen LogP contribution in [0.4, 0.5) is 13.2 Å². The molecule has 0 atom stereocenters. The minimum Gasteiger partial charge on any atom is -0.493 e. The van der Waals surface area contributed by atoms with Crippen LogP contribution in [0.25, 0.3) is 10.6 Å². The number of benzene rings is 1. The van der Waals surface area contributed by atoms with Crippen LogP contribution < -0.4 is 9.47 Å². The number of carbonyl (C=O) groups is 1. The molecule has 5 nitrogen and oxygen atoms in total. The molecule has 1 amide bonds. The van der Waals surface area contributed by atoms with Crippen molar-refractivity contribution in [3.8, 4) is 22.1 Å². The fourth-order valence-electron chi connectivity index (χ4n) is 2.78. The second kappa shape index (κ2) is 9.02. The molecule has 1 aromatic carbocycles. The molecule has 29 heavy (non-hydrogen) atoms. The highest BCUT2D eigenvalue weighted by Gasteiger charge is 2.34. The molecule has 0 N–H and O–H groups in total. The minimum absolute atomic E-state index is 0.0119. The van der Waals surface area contributed by atoms with Gasteiger partial charge in [0.2, 0.25) is 5.91 Å². The van der Waals surface area contributed by atoms with Crippen LogP contribution >= 0.6 is 11.3 Å². The third-order valence-corrected chi connectivity index (χ3v) is 4.84. The van der Waals surface area contributed by atoms with Crippen LogP contribution in [-0.4, -0.2) is 49.3 Å². The van der Waals surface area contributed by atoms with Crippen molar-refractivity contribution < 1.29 is 27.4 Å². The summed E-state index contributed by atoms with van der Waals surface area (Å²) < 4.78 is 49.2. The Kier molecular flexibility index (Phi) is 7.15. The number of nitrogens with zero attached hydrogens (tertiary/aromatic N) is 2. The highest BCUT2D eigenvalue weighted by molar-refractivity contribution is 7.13. The molecule has 0 spiro atoms. The van der Waals surface area contributed by atoms with Crippen LogP contribution in [0, 0.1) is 5.41 Å². The van der Waals surface area contributed by atoms with Crippen molar-refractivity contribution in [2.45, 2.75) is 33.4 Å². The highest BCUT2D eigenvalue weighted by atomic mass is 32.1. The fraction of sp³-hybridized carbons (Fsp3) is 0.500. The first kappa shape index (κ1) is 23.0. The van der Waals surface area contributed by atoms with Gasteiger partial charge < -0.3 is 14.4 Å². The zero-order chi connectivity index (χ0) is 21.8. The number of hydrogen-bond acceptors (Lipinski definition) is 5. The maximum absolute atomic E-state index is 12.9. The second-order valence-corrected chi connectivity index (χ2v) is 8.67. The smallest absolute Gasteiger partial charge is 0.406 e. The summed E-state index contributed by atoms with van der Waals surface area (Å²) in [6.07, 6.45) is -4.64. The number of carbonyl (C=O) groups excluding carboxylic acids is 1. The number of amides is 1. The number of hydrogen-bond donors (Lipinski definition) is 0. The van der Waals surface area contributed by atoms with Gasteiger partial charge in [-0.25, -0.2) is 4.98 Å². The predicted molar refractivity (Wildman–Crippen MR) is 106 cm³/mol. The maximum atomic E-state index is 12.9. The molecule has 0 radical (unpaired) electrons. The third kappa shape index (κ3) is 6.92. The third-order valence-electron chi connectivity index (χ3n) is 3.90. The zero-order valence-electron chi connectivity index (χ0n) is 17.1. The molecule has 0 unspecified atom stereocenters. The number of rotatable bonds is 7. The molecule has 0 aliphatic carbocycles. The molecule has 2 rings (SSSR count). The van der Waals surface area contributed by atoms with Gasteiger partial charge in [-0.05, 0) is 23.6 Å². The summed E-state index contributed by atoms with van der Waals surface area (Å²) >= 11 is 1.31. The molecule has 0 saturated carbocycles. The monoisotopic (exact) mass is 430 g/mol. The Balaban J connectivity index is 2.18. The van der Waals surface area contributed by atoms with Gasteiger partial charge in [-0.3, -0.25) is 4.79 Å². The summed E-state index contributed by atoms with van der Waals surface area (Å²) in [6, 6.07) is 5.31. The number of halogens is 3.